The van der Waals surface area contributed by atoms with Gasteiger partial charge < -0.3 is 5.11 Å². The lowest BCUT2D eigenvalue weighted by Gasteiger charge is -2.18. The third kappa shape index (κ3) is 2.70. The Bertz CT molecular complexity index is 425. The van der Waals surface area contributed by atoms with Crippen LogP contribution in [0.3, 0.4) is 0 Å². The summed E-state index contributed by atoms with van der Waals surface area (Å²) in [5.41, 5.74) is 2.82. The molecule has 0 bridgehead atoms. The molecular formula is C17H25NO. The highest BCUT2D eigenvalue weighted by Crippen LogP contribution is 2.38. The van der Waals surface area contributed by atoms with Crippen LogP contribution in [0.15, 0.2) is 24.3 Å². The van der Waals surface area contributed by atoms with Crippen LogP contribution in [0.1, 0.15) is 43.7 Å². The van der Waals surface area contributed by atoms with Gasteiger partial charge in [-0.2, -0.15) is 0 Å². The number of aliphatic hydroxyl groups excluding tert-OH is 1. The highest BCUT2D eigenvalue weighted by Gasteiger charge is 2.41. The van der Waals surface area contributed by atoms with Gasteiger partial charge >= 0.3 is 0 Å². The van der Waals surface area contributed by atoms with Crippen molar-refractivity contribution >= 4 is 0 Å². The summed E-state index contributed by atoms with van der Waals surface area (Å²) in [4.78, 5) is 2.52. The van der Waals surface area contributed by atoms with Crippen LogP contribution >= 0.6 is 0 Å². The van der Waals surface area contributed by atoms with Crippen LogP contribution in [0.25, 0.3) is 0 Å². The molecule has 1 aromatic carbocycles. The van der Waals surface area contributed by atoms with E-state index in [0.717, 1.165) is 25.4 Å². The summed E-state index contributed by atoms with van der Waals surface area (Å²) in [6.07, 6.45) is 2.19. The SMILES string of the molecule is CC(C)c1ccc(CN2CC3CCC(O)C3C2)cc1. The largest absolute Gasteiger partial charge is 0.393 e. The van der Waals surface area contributed by atoms with Gasteiger partial charge in [0.15, 0.2) is 0 Å². The fourth-order valence-corrected chi connectivity index (χ4v) is 3.72. The van der Waals surface area contributed by atoms with Crippen molar-refractivity contribution < 1.29 is 5.11 Å². The van der Waals surface area contributed by atoms with Crippen molar-refractivity contribution in [1.29, 1.82) is 0 Å². The highest BCUT2D eigenvalue weighted by atomic mass is 16.3. The first-order valence-electron chi connectivity index (χ1n) is 7.62. The monoisotopic (exact) mass is 259 g/mol. The molecule has 19 heavy (non-hydrogen) atoms. The Hall–Kier alpha value is -0.860. The number of likely N-dealkylation sites (tertiary alicyclic amines) is 1. The first-order chi connectivity index (χ1) is 9.13. The Kier molecular flexibility index (Phi) is 3.64. The average Bonchev–Trinajstić information content (AvgIpc) is 2.93. The summed E-state index contributed by atoms with van der Waals surface area (Å²) in [5.74, 6) is 1.88. The summed E-state index contributed by atoms with van der Waals surface area (Å²) in [7, 11) is 0. The van der Waals surface area contributed by atoms with Gasteiger partial charge in [0.05, 0.1) is 6.10 Å². The van der Waals surface area contributed by atoms with Crippen molar-refractivity contribution in [2.75, 3.05) is 13.1 Å². The zero-order valence-corrected chi connectivity index (χ0v) is 12.0. The van der Waals surface area contributed by atoms with Crippen molar-refractivity contribution in [3.05, 3.63) is 35.4 Å². The summed E-state index contributed by atoms with van der Waals surface area (Å²) in [5, 5.41) is 9.95. The number of benzene rings is 1. The molecule has 1 aliphatic heterocycles. The van der Waals surface area contributed by atoms with Gasteiger partial charge in [0.25, 0.3) is 0 Å². The van der Waals surface area contributed by atoms with Crippen LogP contribution in [-0.2, 0) is 6.54 Å². The first kappa shape index (κ1) is 13.1. The molecule has 1 saturated heterocycles. The van der Waals surface area contributed by atoms with E-state index in [1.54, 1.807) is 0 Å². The number of nitrogens with zero attached hydrogens (tertiary/aromatic N) is 1. The van der Waals surface area contributed by atoms with Crippen LogP contribution in [0, 0.1) is 11.8 Å². The number of aliphatic hydroxyl groups is 1. The van der Waals surface area contributed by atoms with E-state index in [1.807, 2.05) is 0 Å². The molecule has 0 radical (unpaired) electrons. The predicted octanol–water partition coefficient (Wildman–Crippen LogP) is 3.01. The molecule has 2 nitrogen and oxygen atoms in total. The number of hydrogen-bond donors (Lipinski definition) is 1. The Balaban J connectivity index is 1.60. The molecule has 1 saturated carbocycles. The minimum atomic E-state index is -0.0432. The lowest BCUT2D eigenvalue weighted by Crippen LogP contribution is -2.24. The zero-order valence-electron chi connectivity index (χ0n) is 12.0. The van der Waals surface area contributed by atoms with Gasteiger partial charge in [0.1, 0.15) is 0 Å². The molecule has 2 aliphatic rings. The smallest absolute Gasteiger partial charge is 0.0583 e. The third-order valence-corrected chi connectivity index (χ3v) is 4.95. The van der Waals surface area contributed by atoms with E-state index in [0.29, 0.717) is 11.8 Å². The number of hydrogen-bond acceptors (Lipinski definition) is 2. The van der Waals surface area contributed by atoms with E-state index in [1.165, 1.54) is 24.1 Å². The van der Waals surface area contributed by atoms with Gasteiger partial charge in [-0.3, -0.25) is 4.90 Å². The van der Waals surface area contributed by atoms with Crippen LogP contribution in [0.4, 0.5) is 0 Å². The summed E-state index contributed by atoms with van der Waals surface area (Å²) < 4.78 is 0. The fraction of sp³-hybridized carbons (Fsp3) is 0.647. The van der Waals surface area contributed by atoms with E-state index in [2.05, 4.69) is 43.0 Å². The quantitative estimate of drug-likeness (QED) is 0.902. The van der Waals surface area contributed by atoms with Crippen LogP contribution in [0.2, 0.25) is 0 Å². The number of fused-ring (bicyclic) bond motifs is 1. The second kappa shape index (κ2) is 5.26. The average molecular weight is 259 g/mol. The molecule has 0 spiro atoms. The Morgan fingerprint density at radius 1 is 1.16 bits per heavy atom. The second-order valence-corrected chi connectivity index (χ2v) is 6.66. The molecule has 0 amide bonds. The van der Waals surface area contributed by atoms with Crippen LogP contribution in [0.5, 0.6) is 0 Å². The van der Waals surface area contributed by atoms with Gasteiger partial charge in [-0.25, -0.2) is 0 Å². The first-order valence-corrected chi connectivity index (χ1v) is 7.62. The maximum Gasteiger partial charge on any atom is 0.0583 e. The minimum absolute atomic E-state index is 0.0432. The molecule has 1 N–H and O–H groups in total. The second-order valence-electron chi connectivity index (χ2n) is 6.66. The summed E-state index contributed by atoms with van der Waals surface area (Å²) >= 11 is 0. The predicted molar refractivity (Wildman–Crippen MR) is 78.0 cm³/mol. The molecule has 2 fully saturated rings. The van der Waals surface area contributed by atoms with E-state index < -0.39 is 0 Å². The van der Waals surface area contributed by atoms with Gasteiger partial charge in [-0.1, -0.05) is 38.1 Å². The van der Waals surface area contributed by atoms with Gasteiger partial charge in [-0.05, 0) is 35.8 Å². The molecule has 104 valence electrons. The molecule has 3 unspecified atom stereocenters. The van der Waals surface area contributed by atoms with Gasteiger partial charge in [-0.15, -0.1) is 0 Å². The minimum Gasteiger partial charge on any atom is -0.393 e. The van der Waals surface area contributed by atoms with E-state index in [4.69, 9.17) is 0 Å². The maximum atomic E-state index is 9.95. The van der Waals surface area contributed by atoms with Crippen LogP contribution in [-0.4, -0.2) is 29.2 Å². The summed E-state index contributed by atoms with van der Waals surface area (Å²) in [6, 6.07) is 9.04. The third-order valence-electron chi connectivity index (χ3n) is 4.95. The molecule has 3 rings (SSSR count). The molecule has 0 aromatic heterocycles. The van der Waals surface area contributed by atoms with Crippen molar-refractivity contribution in [3.63, 3.8) is 0 Å². The molecule has 2 heteroatoms. The topological polar surface area (TPSA) is 23.5 Å². The van der Waals surface area contributed by atoms with Crippen molar-refractivity contribution in [3.8, 4) is 0 Å². The molecule has 1 aromatic rings. The maximum absolute atomic E-state index is 9.95. The normalized spacial score (nSPS) is 31.1. The zero-order chi connectivity index (χ0) is 13.4. The Labute approximate surface area is 116 Å². The van der Waals surface area contributed by atoms with Crippen molar-refractivity contribution in [2.24, 2.45) is 11.8 Å². The highest BCUT2D eigenvalue weighted by molar-refractivity contribution is 5.24. The van der Waals surface area contributed by atoms with Crippen LogP contribution < -0.4 is 0 Å². The standard InChI is InChI=1S/C17H25NO/c1-12(2)14-5-3-13(4-6-14)9-18-10-15-7-8-17(19)16(15)11-18/h3-6,12,15-17,19H,7-11H2,1-2H3. The molecule has 1 aliphatic carbocycles. The summed E-state index contributed by atoms with van der Waals surface area (Å²) in [6.45, 7) is 7.76. The Morgan fingerprint density at radius 3 is 2.53 bits per heavy atom. The van der Waals surface area contributed by atoms with Gasteiger partial charge in [0.2, 0.25) is 0 Å². The van der Waals surface area contributed by atoms with E-state index in [-0.39, 0.29) is 6.10 Å². The lowest BCUT2D eigenvalue weighted by molar-refractivity contribution is 0.123. The van der Waals surface area contributed by atoms with Crippen molar-refractivity contribution in [2.45, 2.75) is 45.3 Å². The molecule has 1 heterocycles. The van der Waals surface area contributed by atoms with Crippen molar-refractivity contribution in [1.82, 2.24) is 4.90 Å². The van der Waals surface area contributed by atoms with E-state index >= 15 is 0 Å². The fourth-order valence-electron chi connectivity index (χ4n) is 3.72. The Morgan fingerprint density at radius 2 is 1.89 bits per heavy atom. The van der Waals surface area contributed by atoms with Gasteiger partial charge in [0, 0.05) is 25.6 Å². The number of rotatable bonds is 3. The molecular weight excluding hydrogens is 234 g/mol. The molecule has 3 atom stereocenters. The lowest BCUT2D eigenvalue weighted by atomic mass is 10.00. The van der Waals surface area contributed by atoms with E-state index in [9.17, 15) is 5.11 Å².